The second-order valence-electron chi connectivity index (χ2n) is 5.42. The zero-order chi connectivity index (χ0) is 15.7. The summed E-state index contributed by atoms with van der Waals surface area (Å²) in [4.78, 5) is 25.5. The normalized spacial score (nSPS) is 17.7. The first kappa shape index (κ1) is 14.4. The van der Waals surface area contributed by atoms with Gasteiger partial charge in [-0.15, -0.1) is 0 Å². The molecule has 0 aliphatic carbocycles. The topological polar surface area (TPSA) is 66.1 Å². The van der Waals surface area contributed by atoms with Crippen molar-refractivity contribution >= 4 is 5.91 Å². The van der Waals surface area contributed by atoms with Gasteiger partial charge in [-0.25, -0.2) is 9.49 Å². The maximum absolute atomic E-state index is 13.7. The van der Waals surface area contributed by atoms with E-state index in [1.165, 1.54) is 12.1 Å². The van der Waals surface area contributed by atoms with Crippen LogP contribution >= 0.6 is 0 Å². The molecule has 2 heterocycles. The number of carbonyl (C=O) groups is 1. The average Bonchev–Trinajstić information content (AvgIpc) is 2.99. The van der Waals surface area contributed by atoms with Gasteiger partial charge in [-0.05, 0) is 43.5 Å². The Morgan fingerprint density at radius 3 is 2.91 bits per heavy atom. The van der Waals surface area contributed by atoms with E-state index in [1.54, 1.807) is 30.0 Å². The molecule has 3 rings (SSSR count). The minimum absolute atomic E-state index is 0.188. The van der Waals surface area contributed by atoms with Gasteiger partial charge in [0, 0.05) is 18.2 Å². The van der Waals surface area contributed by atoms with Crippen LogP contribution in [0.1, 0.15) is 40.5 Å². The van der Waals surface area contributed by atoms with Crippen molar-refractivity contribution in [2.75, 3.05) is 6.54 Å². The number of aromatic amines is 1. The third kappa shape index (κ3) is 2.52. The SMILES string of the molecule is Cc1c(F)cccc1C(=O)N1CCCC1c1ccc(=O)[nH]n1. The van der Waals surface area contributed by atoms with E-state index in [1.807, 2.05) is 0 Å². The summed E-state index contributed by atoms with van der Waals surface area (Å²) in [5.74, 6) is -0.587. The first-order chi connectivity index (χ1) is 10.6. The maximum atomic E-state index is 13.7. The van der Waals surface area contributed by atoms with E-state index in [4.69, 9.17) is 0 Å². The van der Waals surface area contributed by atoms with E-state index in [9.17, 15) is 14.0 Å². The molecule has 1 N–H and O–H groups in total. The lowest BCUT2D eigenvalue weighted by molar-refractivity contribution is 0.0731. The molecule has 0 spiro atoms. The fourth-order valence-corrected chi connectivity index (χ4v) is 2.85. The summed E-state index contributed by atoms with van der Waals surface area (Å²) in [5, 5.41) is 6.41. The fraction of sp³-hybridized carbons (Fsp3) is 0.312. The van der Waals surface area contributed by atoms with Gasteiger partial charge in [0.15, 0.2) is 0 Å². The molecule has 1 saturated heterocycles. The first-order valence-corrected chi connectivity index (χ1v) is 7.19. The molecule has 0 radical (unpaired) electrons. The third-order valence-corrected chi connectivity index (χ3v) is 4.05. The number of hydrogen-bond acceptors (Lipinski definition) is 3. The number of benzene rings is 1. The molecule has 1 atom stereocenters. The van der Waals surface area contributed by atoms with Crippen LogP contribution in [0.5, 0.6) is 0 Å². The molecular formula is C16H16FN3O2. The van der Waals surface area contributed by atoms with Crippen LogP contribution < -0.4 is 5.56 Å². The van der Waals surface area contributed by atoms with E-state index in [-0.39, 0.29) is 23.3 Å². The number of aromatic nitrogens is 2. The number of nitrogens with one attached hydrogen (secondary N) is 1. The van der Waals surface area contributed by atoms with Crippen LogP contribution in [0.4, 0.5) is 4.39 Å². The minimum Gasteiger partial charge on any atom is -0.330 e. The summed E-state index contributed by atoms with van der Waals surface area (Å²) in [5.41, 5.74) is 1.10. The number of likely N-dealkylation sites (tertiary alicyclic amines) is 1. The second-order valence-corrected chi connectivity index (χ2v) is 5.42. The van der Waals surface area contributed by atoms with Gasteiger partial charge in [0.1, 0.15) is 5.82 Å². The Hall–Kier alpha value is -2.50. The van der Waals surface area contributed by atoms with Crippen molar-refractivity contribution in [2.45, 2.75) is 25.8 Å². The number of halogens is 1. The predicted molar refractivity (Wildman–Crippen MR) is 79.0 cm³/mol. The third-order valence-electron chi connectivity index (χ3n) is 4.05. The molecule has 5 nitrogen and oxygen atoms in total. The first-order valence-electron chi connectivity index (χ1n) is 7.19. The van der Waals surface area contributed by atoms with Crippen molar-refractivity contribution in [3.05, 3.63) is 63.3 Å². The molecule has 2 aromatic rings. The molecule has 114 valence electrons. The average molecular weight is 301 g/mol. The van der Waals surface area contributed by atoms with Crippen LogP contribution in [-0.2, 0) is 0 Å². The summed E-state index contributed by atoms with van der Waals surface area (Å²) < 4.78 is 13.7. The summed E-state index contributed by atoms with van der Waals surface area (Å²) >= 11 is 0. The highest BCUT2D eigenvalue weighted by molar-refractivity contribution is 5.96. The van der Waals surface area contributed by atoms with Crippen LogP contribution in [0.3, 0.4) is 0 Å². The summed E-state index contributed by atoms with van der Waals surface area (Å²) in [6.07, 6.45) is 1.63. The molecule has 1 fully saturated rings. The fourth-order valence-electron chi connectivity index (χ4n) is 2.85. The number of H-pyrrole nitrogens is 1. The van der Waals surface area contributed by atoms with Crippen LogP contribution in [0.25, 0.3) is 0 Å². The quantitative estimate of drug-likeness (QED) is 0.924. The molecular weight excluding hydrogens is 285 g/mol. The van der Waals surface area contributed by atoms with Crippen molar-refractivity contribution in [2.24, 2.45) is 0 Å². The second kappa shape index (κ2) is 5.71. The van der Waals surface area contributed by atoms with Gasteiger partial charge >= 0.3 is 0 Å². The monoisotopic (exact) mass is 301 g/mol. The molecule has 1 aliphatic rings. The van der Waals surface area contributed by atoms with E-state index < -0.39 is 0 Å². The van der Waals surface area contributed by atoms with Gasteiger partial charge in [0.25, 0.3) is 11.5 Å². The van der Waals surface area contributed by atoms with Crippen LogP contribution in [0.2, 0.25) is 0 Å². The summed E-state index contributed by atoms with van der Waals surface area (Å²) in [7, 11) is 0. The Balaban J connectivity index is 1.92. The van der Waals surface area contributed by atoms with Crippen molar-refractivity contribution < 1.29 is 9.18 Å². The van der Waals surface area contributed by atoms with E-state index in [2.05, 4.69) is 10.2 Å². The molecule has 1 aliphatic heterocycles. The molecule has 0 bridgehead atoms. The van der Waals surface area contributed by atoms with E-state index in [0.717, 1.165) is 12.8 Å². The molecule has 1 aromatic carbocycles. The van der Waals surface area contributed by atoms with E-state index in [0.29, 0.717) is 23.4 Å². The molecule has 0 saturated carbocycles. The molecule has 22 heavy (non-hydrogen) atoms. The van der Waals surface area contributed by atoms with Crippen LogP contribution in [0.15, 0.2) is 35.1 Å². The Labute approximate surface area is 126 Å². The van der Waals surface area contributed by atoms with Crippen molar-refractivity contribution in [1.82, 2.24) is 15.1 Å². The minimum atomic E-state index is -0.385. The highest BCUT2D eigenvalue weighted by Gasteiger charge is 2.32. The highest BCUT2D eigenvalue weighted by atomic mass is 19.1. The Morgan fingerprint density at radius 1 is 1.36 bits per heavy atom. The Bertz CT molecular complexity index is 752. The zero-order valence-corrected chi connectivity index (χ0v) is 12.2. The van der Waals surface area contributed by atoms with Gasteiger partial charge in [-0.3, -0.25) is 9.59 Å². The number of rotatable bonds is 2. The maximum Gasteiger partial charge on any atom is 0.264 e. The lowest BCUT2D eigenvalue weighted by Crippen LogP contribution is -2.32. The van der Waals surface area contributed by atoms with Crippen molar-refractivity contribution in [3.63, 3.8) is 0 Å². The molecule has 1 aromatic heterocycles. The lowest BCUT2D eigenvalue weighted by atomic mass is 10.1. The largest absolute Gasteiger partial charge is 0.330 e. The van der Waals surface area contributed by atoms with Crippen molar-refractivity contribution in [3.8, 4) is 0 Å². The van der Waals surface area contributed by atoms with Crippen LogP contribution in [0, 0.1) is 12.7 Å². The number of nitrogens with zero attached hydrogens (tertiary/aromatic N) is 2. The Morgan fingerprint density at radius 2 is 2.18 bits per heavy atom. The summed E-state index contributed by atoms with van der Waals surface area (Å²) in [6.45, 7) is 2.20. The highest BCUT2D eigenvalue weighted by Crippen LogP contribution is 2.32. The smallest absolute Gasteiger partial charge is 0.264 e. The van der Waals surface area contributed by atoms with Gasteiger partial charge in [-0.2, -0.15) is 5.10 Å². The number of carbonyl (C=O) groups excluding carboxylic acids is 1. The van der Waals surface area contributed by atoms with Gasteiger partial charge in [0.05, 0.1) is 11.7 Å². The standard InChI is InChI=1S/C16H16FN3O2/c1-10-11(4-2-5-12(10)17)16(22)20-9-3-6-14(20)13-7-8-15(21)19-18-13/h2,4-5,7-8,14H,3,6,9H2,1H3,(H,19,21). The van der Waals surface area contributed by atoms with Crippen LogP contribution in [-0.4, -0.2) is 27.5 Å². The van der Waals surface area contributed by atoms with E-state index >= 15 is 0 Å². The number of amides is 1. The van der Waals surface area contributed by atoms with Gasteiger partial charge < -0.3 is 4.90 Å². The van der Waals surface area contributed by atoms with Gasteiger partial charge in [0.2, 0.25) is 0 Å². The van der Waals surface area contributed by atoms with Gasteiger partial charge in [-0.1, -0.05) is 6.07 Å². The van der Waals surface area contributed by atoms with Crippen molar-refractivity contribution in [1.29, 1.82) is 0 Å². The lowest BCUT2D eigenvalue weighted by Gasteiger charge is -2.24. The molecule has 1 unspecified atom stereocenters. The summed E-state index contributed by atoms with van der Waals surface area (Å²) in [6, 6.07) is 7.36. The predicted octanol–water partition coefficient (Wildman–Crippen LogP) is 2.19. The number of hydrogen-bond donors (Lipinski definition) is 1. The molecule has 6 heteroatoms. The zero-order valence-electron chi connectivity index (χ0n) is 12.2. The Kier molecular flexibility index (Phi) is 3.75. The molecule has 1 amide bonds.